The van der Waals surface area contributed by atoms with Crippen molar-refractivity contribution in [2.75, 3.05) is 0 Å². The minimum absolute atomic E-state index is 0.136. The summed E-state index contributed by atoms with van der Waals surface area (Å²) in [6.07, 6.45) is 0. The molecule has 0 amide bonds. The first-order chi connectivity index (χ1) is 10.6. The number of hydrogen-bond acceptors (Lipinski definition) is 3. The van der Waals surface area contributed by atoms with Crippen LogP contribution >= 0.6 is 15.9 Å². The highest BCUT2D eigenvalue weighted by atomic mass is 79.9. The maximum Gasteiger partial charge on any atom is 0.130 e. The number of phenolic OH excluding ortho intramolecular Hbond substituents is 3. The van der Waals surface area contributed by atoms with Gasteiger partial charge in [-0.3, -0.25) is 0 Å². The molecule has 3 N–H and O–H groups in total. The Morgan fingerprint density at radius 1 is 0.591 bits per heavy atom. The summed E-state index contributed by atoms with van der Waals surface area (Å²) in [5, 5.41) is 35.1. The second-order valence-corrected chi connectivity index (χ2v) is 6.07. The van der Waals surface area contributed by atoms with Gasteiger partial charge >= 0.3 is 0 Å². The van der Waals surface area contributed by atoms with Crippen molar-refractivity contribution in [3.8, 4) is 17.2 Å². The van der Waals surface area contributed by atoms with E-state index in [1.165, 1.54) is 0 Å². The number of halogens is 1. The number of hydrogen-bond donors (Lipinski definition) is 3. The van der Waals surface area contributed by atoms with Crippen molar-refractivity contribution >= 4 is 48.2 Å². The zero-order valence-corrected chi connectivity index (χ0v) is 12.9. The van der Waals surface area contributed by atoms with E-state index < -0.39 is 0 Å². The van der Waals surface area contributed by atoms with Gasteiger partial charge in [0.05, 0.1) is 4.47 Å². The summed E-state index contributed by atoms with van der Waals surface area (Å²) in [5.74, 6) is 0.495. The summed E-state index contributed by atoms with van der Waals surface area (Å²) in [6.45, 7) is 0. The van der Waals surface area contributed by atoms with Crippen LogP contribution in [0.3, 0.4) is 0 Å². The minimum Gasteiger partial charge on any atom is -0.508 e. The Labute approximate surface area is 134 Å². The summed E-state index contributed by atoms with van der Waals surface area (Å²) in [6, 6.07) is 13.8. The number of benzene rings is 4. The standard InChI is InChI=1S/C18H11BrO3/c19-18-16(22)6-5-13-14-7-9(20)1-3-11(14)12-4-2-10(21)8-15(12)17(13)18/h1-8,20-22H. The first-order valence-corrected chi connectivity index (χ1v) is 7.54. The van der Waals surface area contributed by atoms with Crippen molar-refractivity contribution in [2.45, 2.75) is 0 Å². The summed E-state index contributed by atoms with van der Waals surface area (Å²) in [5.41, 5.74) is 0. The van der Waals surface area contributed by atoms with Crippen molar-refractivity contribution < 1.29 is 15.3 Å². The second-order valence-electron chi connectivity index (χ2n) is 5.28. The molecule has 0 saturated heterocycles. The van der Waals surface area contributed by atoms with Crippen LogP contribution in [0.25, 0.3) is 32.3 Å². The molecule has 4 rings (SSSR count). The van der Waals surface area contributed by atoms with Crippen LogP contribution in [-0.2, 0) is 0 Å². The molecule has 0 aliphatic carbocycles. The Hall–Kier alpha value is -2.46. The van der Waals surface area contributed by atoms with Crippen LogP contribution in [-0.4, -0.2) is 15.3 Å². The average Bonchev–Trinajstić information content (AvgIpc) is 2.50. The molecule has 0 bridgehead atoms. The Balaban J connectivity index is 2.43. The zero-order valence-electron chi connectivity index (χ0n) is 11.3. The molecule has 4 aromatic rings. The van der Waals surface area contributed by atoms with E-state index in [1.807, 2.05) is 18.2 Å². The molecule has 0 atom stereocenters. The van der Waals surface area contributed by atoms with Crippen molar-refractivity contribution in [2.24, 2.45) is 0 Å². The summed E-state index contributed by atoms with van der Waals surface area (Å²) in [7, 11) is 0. The SMILES string of the molecule is Oc1ccc2c(c1)c1ccc(O)c(Br)c1c1cc(O)ccc21. The highest BCUT2D eigenvalue weighted by Crippen LogP contribution is 2.43. The van der Waals surface area contributed by atoms with E-state index in [0.717, 1.165) is 32.3 Å². The fraction of sp³-hybridized carbons (Fsp3) is 0. The van der Waals surface area contributed by atoms with Crippen LogP contribution in [0.1, 0.15) is 0 Å². The van der Waals surface area contributed by atoms with Gasteiger partial charge in [0.2, 0.25) is 0 Å². The monoisotopic (exact) mass is 354 g/mol. The minimum atomic E-state index is 0.136. The Morgan fingerprint density at radius 2 is 1.14 bits per heavy atom. The fourth-order valence-corrected chi connectivity index (χ4v) is 3.58. The maximum atomic E-state index is 10.0. The third-order valence-corrected chi connectivity index (χ3v) is 4.78. The predicted octanol–water partition coefficient (Wildman–Crippen LogP) is 5.03. The summed E-state index contributed by atoms with van der Waals surface area (Å²) >= 11 is 3.44. The lowest BCUT2D eigenvalue weighted by Gasteiger charge is -2.13. The van der Waals surface area contributed by atoms with E-state index in [0.29, 0.717) is 4.47 Å². The van der Waals surface area contributed by atoms with Crippen molar-refractivity contribution in [3.63, 3.8) is 0 Å². The van der Waals surface area contributed by atoms with Crippen molar-refractivity contribution in [1.29, 1.82) is 0 Å². The van der Waals surface area contributed by atoms with Gasteiger partial charge in [0, 0.05) is 5.39 Å². The molecule has 22 heavy (non-hydrogen) atoms. The molecule has 0 heterocycles. The lowest BCUT2D eigenvalue weighted by atomic mass is 9.94. The van der Waals surface area contributed by atoms with Crippen LogP contribution in [0, 0.1) is 0 Å². The molecule has 0 unspecified atom stereocenters. The van der Waals surface area contributed by atoms with Crippen LogP contribution in [0.4, 0.5) is 0 Å². The maximum absolute atomic E-state index is 10.0. The number of fused-ring (bicyclic) bond motifs is 6. The molecule has 0 aliphatic heterocycles. The molecule has 3 nitrogen and oxygen atoms in total. The van der Waals surface area contributed by atoms with E-state index in [2.05, 4.69) is 15.9 Å². The molecule has 0 radical (unpaired) electrons. The Bertz CT molecular complexity index is 1070. The topological polar surface area (TPSA) is 60.7 Å². The highest BCUT2D eigenvalue weighted by molar-refractivity contribution is 9.10. The summed E-state index contributed by atoms with van der Waals surface area (Å²) < 4.78 is 0.575. The molecule has 0 aliphatic rings. The van der Waals surface area contributed by atoms with E-state index in [4.69, 9.17) is 0 Å². The van der Waals surface area contributed by atoms with Crippen molar-refractivity contribution in [1.82, 2.24) is 0 Å². The van der Waals surface area contributed by atoms with Gasteiger partial charge < -0.3 is 15.3 Å². The Kier molecular flexibility index (Phi) is 2.71. The number of rotatable bonds is 0. The molecular formula is C18H11BrO3. The molecule has 0 aromatic heterocycles. The molecule has 4 aromatic carbocycles. The van der Waals surface area contributed by atoms with Gasteiger partial charge in [0.25, 0.3) is 0 Å². The lowest BCUT2D eigenvalue weighted by Crippen LogP contribution is -1.85. The fourth-order valence-electron chi connectivity index (χ4n) is 3.02. The third kappa shape index (κ3) is 1.74. The third-order valence-electron chi connectivity index (χ3n) is 3.98. The summed E-state index contributed by atoms with van der Waals surface area (Å²) in [4.78, 5) is 0. The molecular weight excluding hydrogens is 344 g/mol. The van der Waals surface area contributed by atoms with Gasteiger partial charge in [-0.15, -0.1) is 0 Å². The molecule has 108 valence electrons. The van der Waals surface area contributed by atoms with E-state index in [9.17, 15) is 15.3 Å². The zero-order chi connectivity index (χ0) is 15.4. The van der Waals surface area contributed by atoms with Crippen molar-refractivity contribution in [3.05, 3.63) is 53.0 Å². The van der Waals surface area contributed by atoms with Gasteiger partial charge in [-0.05, 0) is 79.3 Å². The quantitative estimate of drug-likeness (QED) is 0.388. The lowest BCUT2D eigenvalue weighted by molar-refractivity contribution is 0.472. The number of aromatic hydroxyl groups is 3. The van der Waals surface area contributed by atoms with Crippen LogP contribution < -0.4 is 0 Å². The van der Waals surface area contributed by atoms with Gasteiger partial charge in [-0.1, -0.05) is 12.1 Å². The normalized spacial score (nSPS) is 11.5. The van der Waals surface area contributed by atoms with Gasteiger partial charge in [-0.25, -0.2) is 0 Å². The number of phenols is 3. The molecule has 4 heteroatoms. The van der Waals surface area contributed by atoms with E-state index in [-0.39, 0.29) is 17.2 Å². The van der Waals surface area contributed by atoms with Gasteiger partial charge in [0.15, 0.2) is 0 Å². The van der Waals surface area contributed by atoms with E-state index >= 15 is 0 Å². The van der Waals surface area contributed by atoms with Crippen LogP contribution in [0.2, 0.25) is 0 Å². The van der Waals surface area contributed by atoms with E-state index in [1.54, 1.807) is 30.3 Å². The Morgan fingerprint density at radius 3 is 1.82 bits per heavy atom. The van der Waals surface area contributed by atoms with Gasteiger partial charge in [-0.2, -0.15) is 0 Å². The predicted molar refractivity (Wildman–Crippen MR) is 91.7 cm³/mol. The average molecular weight is 355 g/mol. The first kappa shape index (κ1) is 13.2. The van der Waals surface area contributed by atoms with Gasteiger partial charge in [0.1, 0.15) is 17.2 Å². The molecule has 0 spiro atoms. The highest BCUT2D eigenvalue weighted by Gasteiger charge is 2.14. The second kappa shape index (κ2) is 4.52. The largest absolute Gasteiger partial charge is 0.508 e. The first-order valence-electron chi connectivity index (χ1n) is 6.75. The smallest absolute Gasteiger partial charge is 0.130 e. The molecule has 0 saturated carbocycles. The van der Waals surface area contributed by atoms with Crippen LogP contribution in [0.15, 0.2) is 53.0 Å². The van der Waals surface area contributed by atoms with Crippen LogP contribution in [0.5, 0.6) is 17.2 Å². The molecule has 0 fully saturated rings.